The molecule has 0 amide bonds. The van der Waals surface area contributed by atoms with Crippen molar-refractivity contribution in [3.63, 3.8) is 0 Å². The number of nitrogens with zero attached hydrogens (tertiary/aromatic N) is 7. The van der Waals surface area contributed by atoms with Crippen molar-refractivity contribution < 1.29 is 0 Å². The summed E-state index contributed by atoms with van der Waals surface area (Å²) in [5.74, 6) is 1.88. The fourth-order valence-electron chi connectivity index (χ4n) is 5.91. The van der Waals surface area contributed by atoms with Crippen molar-refractivity contribution in [3.8, 4) is 22.6 Å². The fraction of sp³-hybridized carbons (Fsp3) is 0.312. The van der Waals surface area contributed by atoms with E-state index in [1.165, 1.54) is 24.1 Å². The Morgan fingerprint density at radius 2 is 1.74 bits per heavy atom. The molecule has 6 aromatic rings. The van der Waals surface area contributed by atoms with E-state index in [1.54, 1.807) is 0 Å². The molecule has 1 aliphatic carbocycles. The summed E-state index contributed by atoms with van der Waals surface area (Å²) in [5.41, 5.74) is 8.79. The van der Waals surface area contributed by atoms with Crippen LogP contribution in [0, 0.1) is 0 Å². The molecule has 0 N–H and O–H groups in total. The number of fused-ring (bicyclic) bond motifs is 2. The van der Waals surface area contributed by atoms with Crippen LogP contribution in [0.5, 0.6) is 0 Å². The van der Waals surface area contributed by atoms with Crippen molar-refractivity contribution >= 4 is 21.9 Å². The number of benzene rings is 2. The van der Waals surface area contributed by atoms with Crippen LogP contribution in [0.15, 0.2) is 67.0 Å². The summed E-state index contributed by atoms with van der Waals surface area (Å²) in [6.07, 6.45) is 7.47. The van der Waals surface area contributed by atoms with E-state index in [1.807, 2.05) is 17.9 Å². The molecule has 1 saturated carbocycles. The maximum absolute atomic E-state index is 5.36. The molecule has 0 aliphatic heterocycles. The predicted molar refractivity (Wildman–Crippen MR) is 156 cm³/mol. The highest BCUT2D eigenvalue weighted by Gasteiger charge is 2.33. The van der Waals surface area contributed by atoms with Crippen LogP contribution in [0.1, 0.15) is 55.5 Å². The van der Waals surface area contributed by atoms with E-state index in [2.05, 4.69) is 96.0 Å². The summed E-state index contributed by atoms with van der Waals surface area (Å²) in [4.78, 5) is 10.3. The standard InChI is InChI=1S/C32H33N7/c1-5-27-25(16-23-18-37(3)36-31(23)33-27)32-34-29(30(38(32)4)22-14-15-22)24-12-9-13-28-26(24)19-39(35-28)17-20(2)21-10-7-6-8-11-21/h6-13,16,18-20,22H,5,14-15,17H2,1-4H3. The minimum atomic E-state index is 0.370. The van der Waals surface area contributed by atoms with Gasteiger partial charge in [0.25, 0.3) is 0 Å². The van der Waals surface area contributed by atoms with Crippen LogP contribution in [0.3, 0.4) is 0 Å². The third kappa shape index (κ3) is 4.13. The molecule has 1 atom stereocenters. The normalized spacial score (nSPS) is 14.5. The van der Waals surface area contributed by atoms with Crippen molar-refractivity contribution in [2.75, 3.05) is 0 Å². The quantitative estimate of drug-likeness (QED) is 0.239. The molecule has 196 valence electrons. The summed E-state index contributed by atoms with van der Waals surface area (Å²) in [7, 11) is 4.11. The van der Waals surface area contributed by atoms with Crippen LogP contribution in [0.2, 0.25) is 0 Å². The number of pyridine rings is 1. The van der Waals surface area contributed by atoms with Crippen molar-refractivity contribution in [1.29, 1.82) is 0 Å². The molecule has 0 bridgehead atoms. The van der Waals surface area contributed by atoms with E-state index >= 15 is 0 Å². The van der Waals surface area contributed by atoms with Gasteiger partial charge in [0.2, 0.25) is 0 Å². The van der Waals surface area contributed by atoms with E-state index in [-0.39, 0.29) is 0 Å². The Labute approximate surface area is 228 Å². The lowest BCUT2D eigenvalue weighted by atomic mass is 10.0. The van der Waals surface area contributed by atoms with Crippen molar-refractivity contribution in [1.82, 2.24) is 34.1 Å². The highest BCUT2D eigenvalue weighted by atomic mass is 15.3. The largest absolute Gasteiger partial charge is 0.330 e. The van der Waals surface area contributed by atoms with E-state index in [0.717, 1.165) is 63.2 Å². The first kappa shape index (κ1) is 23.8. The van der Waals surface area contributed by atoms with E-state index in [4.69, 9.17) is 15.1 Å². The summed E-state index contributed by atoms with van der Waals surface area (Å²) < 4.78 is 6.24. The molecule has 1 unspecified atom stereocenters. The predicted octanol–water partition coefficient (Wildman–Crippen LogP) is 6.63. The van der Waals surface area contributed by atoms with E-state index in [9.17, 15) is 0 Å². The Balaban J connectivity index is 1.35. The molecule has 39 heavy (non-hydrogen) atoms. The van der Waals surface area contributed by atoms with Crippen molar-refractivity contribution in [3.05, 3.63) is 83.9 Å². The topological polar surface area (TPSA) is 66.3 Å². The lowest BCUT2D eigenvalue weighted by Gasteiger charge is -2.11. The molecule has 0 saturated heterocycles. The second-order valence-electron chi connectivity index (χ2n) is 11.0. The zero-order valence-corrected chi connectivity index (χ0v) is 23.0. The zero-order chi connectivity index (χ0) is 26.7. The number of rotatable bonds is 7. The van der Waals surface area contributed by atoms with Crippen LogP contribution >= 0.6 is 0 Å². The molecule has 1 aliphatic rings. The lowest BCUT2D eigenvalue weighted by Crippen LogP contribution is -2.06. The third-order valence-electron chi connectivity index (χ3n) is 8.05. The van der Waals surface area contributed by atoms with Crippen molar-refractivity contribution in [2.24, 2.45) is 14.1 Å². The van der Waals surface area contributed by atoms with E-state index in [0.29, 0.717) is 11.8 Å². The van der Waals surface area contributed by atoms with Gasteiger partial charge in [-0.2, -0.15) is 10.2 Å². The lowest BCUT2D eigenvalue weighted by molar-refractivity contribution is 0.547. The molecule has 4 aromatic heterocycles. The second-order valence-corrected chi connectivity index (χ2v) is 11.0. The van der Waals surface area contributed by atoms with Crippen molar-refractivity contribution in [2.45, 2.75) is 51.5 Å². The first-order valence-electron chi connectivity index (χ1n) is 13.9. The third-order valence-corrected chi connectivity index (χ3v) is 8.05. The molecule has 2 aromatic carbocycles. The van der Waals surface area contributed by atoms with Gasteiger partial charge >= 0.3 is 0 Å². The van der Waals surface area contributed by atoms with Crippen LogP contribution in [0.4, 0.5) is 0 Å². The Kier molecular flexibility index (Phi) is 5.61. The summed E-state index contributed by atoms with van der Waals surface area (Å²) in [6, 6.07) is 19.3. The first-order valence-corrected chi connectivity index (χ1v) is 13.9. The molecule has 1 fully saturated rings. The number of aromatic nitrogens is 7. The monoisotopic (exact) mass is 515 g/mol. The minimum Gasteiger partial charge on any atom is -0.330 e. The van der Waals surface area contributed by atoms with Gasteiger partial charge in [-0.15, -0.1) is 0 Å². The van der Waals surface area contributed by atoms with Crippen LogP contribution in [0.25, 0.3) is 44.6 Å². The van der Waals surface area contributed by atoms with Gasteiger partial charge in [-0.3, -0.25) is 9.36 Å². The van der Waals surface area contributed by atoms with Gasteiger partial charge in [-0.25, -0.2) is 9.97 Å². The Bertz CT molecular complexity index is 1820. The van der Waals surface area contributed by atoms with Gasteiger partial charge in [0.05, 0.1) is 16.9 Å². The highest BCUT2D eigenvalue weighted by molar-refractivity contribution is 5.95. The maximum atomic E-state index is 5.36. The van der Waals surface area contributed by atoms with Crippen LogP contribution in [-0.4, -0.2) is 34.1 Å². The van der Waals surface area contributed by atoms with E-state index < -0.39 is 0 Å². The Morgan fingerprint density at radius 1 is 0.923 bits per heavy atom. The summed E-state index contributed by atoms with van der Waals surface area (Å²) >= 11 is 0. The zero-order valence-electron chi connectivity index (χ0n) is 23.0. The average molecular weight is 516 g/mol. The maximum Gasteiger partial charge on any atom is 0.181 e. The molecular formula is C32H33N7. The van der Waals surface area contributed by atoms with Gasteiger partial charge in [0, 0.05) is 72.5 Å². The average Bonchev–Trinajstić information content (AvgIpc) is 3.44. The Hall–Kier alpha value is -4.26. The molecule has 4 heterocycles. The number of aryl methyl sites for hydroxylation is 2. The Morgan fingerprint density at radius 3 is 2.51 bits per heavy atom. The van der Waals surface area contributed by atoms with Crippen LogP contribution in [-0.2, 0) is 27.1 Å². The minimum absolute atomic E-state index is 0.370. The summed E-state index contributed by atoms with van der Waals surface area (Å²) in [6.45, 7) is 5.24. The number of imidazole rings is 1. The van der Waals surface area contributed by atoms with Gasteiger partial charge in [-0.1, -0.05) is 56.3 Å². The molecular weight excluding hydrogens is 482 g/mol. The fourth-order valence-corrected chi connectivity index (χ4v) is 5.91. The smallest absolute Gasteiger partial charge is 0.181 e. The van der Waals surface area contributed by atoms with Gasteiger partial charge in [0.1, 0.15) is 5.82 Å². The van der Waals surface area contributed by atoms with Gasteiger partial charge in [-0.05, 0) is 37.0 Å². The molecule has 0 spiro atoms. The highest BCUT2D eigenvalue weighted by Crippen LogP contribution is 2.47. The van der Waals surface area contributed by atoms with Gasteiger partial charge in [0.15, 0.2) is 5.65 Å². The second kappa shape index (κ2) is 9.19. The van der Waals surface area contributed by atoms with Gasteiger partial charge < -0.3 is 4.57 Å². The SMILES string of the molecule is CCc1nc2nn(C)cc2cc1-c1nc(-c2cccc3nn(CC(C)c4ccccc4)cc23)c(C2CC2)n1C. The number of hydrogen-bond donors (Lipinski definition) is 0. The molecule has 7 nitrogen and oxygen atoms in total. The number of hydrogen-bond acceptors (Lipinski definition) is 4. The molecule has 7 heteroatoms. The summed E-state index contributed by atoms with van der Waals surface area (Å²) in [5, 5.41) is 11.7. The first-order chi connectivity index (χ1) is 19.0. The van der Waals surface area contributed by atoms with Crippen LogP contribution < -0.4 is 0 Å². The molecule has 0 radical (unpaired) electrons. The molecule has 7 rings (SSSR count).